The minimum absolute atomic E-state index is 0.173. The van der Waals surface area contributed by atoms with Crippen LogP contribution >= 0.6 is 23.2 Å². The first-order chi connectivity index (χ1) is 12.5. The summed E-state index contributed by atoms with van der Waals surface area (Å²) in [6, 6.07) is 13.8. The fraction of sp³-hybridized carbons (Fsp3) is 0.200. The normalized spacial score (nSPS) is 19.0. The molecular weight excluding hydrogens is 371 g/mol. The van der Waals surface area contributed by atoms with Gasteiger partial charge in [0.15, 0.2) is 0 Å². The molecule has 1 aliphatic rings. The van der Waals surface area contributed by atoms with E-state index in [9.17, 15) is 9.59 Å². The average molecular weight is 389 g/mol. The fourth-order valence-corrected chi connectivity index (χ4v) is 3.18. The van der Waals surface area contributed by atoms with Crippen LogP contribution in [0.3, 0.4) is 0 Å². The number of allylic oxidation sites excluding steroid dienone is 2. The molecule has 0 saturated carbocycles. The van der Waals surface area contributed by atoms with Crippen LogP contribution in [0.2, 0.25) is 10.0 Å². The molecule has 26 heavy (non-hydrogen) atoms. The van der Waals surface area contributed by atoms with E-state index >= 15 is 0 Å². The van der Waals surface area contributed by atoms with E-state index in [2.05, 4.69) is 10.6 Å². The highest BCUT2D eigenvalue weighted by Gasteiger charge is 2.34. The number of hydrogen-bond donors (Lipinski definition) is 2. The number of amides is 2. The van der Waals surface area contributed by atoms with Gasteiger partial charge in [-0.05, 0) is 61.4 Å². The molecule has 2 aromatic carbocycles. The van der Waals surface area contributed by atoms with Crippen LogP contribution in [0.5, 0.6) is 0 Å². The Kier molecular flexibility index (Phi) is 5.96. The Hall–Kier alpha value is -2.30. The van der Waals surface area contributed by atoms with Crippen LogP contribution in [0.15, 0.2) is 60.7 Å². The predicted octanol–water partition coefficient (Wildman–Crippen LogP) is 5.15. The Labute approximate surface area is 162 Å². The van der Waals surface area contributed by atoms with Gasteiger partial charge in [0.1, 0.15) is 0 Å². The minimum atomic E-state index is -0.428. The minimum Gasteiger partial charge on any atom is -0.326 e. The van der Waals surface area contributed by atoms with Crippen molar-refractivity contribution in [2.45, 2.75) is 12.8 Å². The zero-order chi connectivity index (χ0) is 18.5. The van der Waals surface area contributed by atoms with Gasteiger partial charge in [0.05, 0.1) is 11.8 Å². The maximum Gasteiger partial charge on any atom is 0.228 e. The lowest BCUT2D eigenvalue weighted by Gasteiger charge is -2.26. The Bertz CT molecular complexity index is 747. The number of nitrogens with one attached hydrogen (secondary N) is 2. The average Bonchev–Trinajstić information content (AvgIpc) is 2.65. The van der Waals surface area contributed by atoms with Gasteiger partial charge >= 0.3 is 0 Å². The van der Waals surface area contributed by atoms with Crippen molar-refractivity contribution in [2.75, 3.05) is 10.6 Å². The Morgan fingerprint density at radius 2 is 1.04 bits per heavy atom. The summed E-state index contributed by atoms with van der Waals surface area (Å²) in [5.74, 6) is -1.20. The van der Waals surface area contributed by atoms with Crippen LogP contribution in [0.25, 0.3) is 0 Å². The van der Waals surface area contributed by atoms with Gasteiger partial charge in [0, 0.05) is 21.4 Å². The van der Waals surface area contributed by atoms with Gasteiger partial charge < -0.3 is 10.6 Å². The van der Waals surface area contributed by atoms with E-state index in [1.165, 1.54) is 0 Å². The largest absolute Gasteiger partial charge is 0.326 e. The van der Waals surface area contributed by atoms with Crippen molar-refractivity contribution in [3.05, 3.63) is 70.7 Å². The lowest BCUT2D eigenvalue weighted by molar-refractivity contribution is -0.129. The molecule has 2 atom stereocenters. The molecule has 0 spiro atoms. The molecule has 1 aliphatic carbocycles. The van der Waals surface area contributed by atoms with Crippen molar-refractivity contribution in [1.82, 2.24) is 0 Å². The molecule has 4 nitrogen and oxygen atoms in total. The molecule has 0 bridgehead atoms. The van der Waals surface area contributed by atoms with Gasteiger partial charge in [0.2, 0.25) is 11.8 Å². The van der Waals surface area contributed by atoms with E-state index in [1.807, 2.05) is 12.2 Å². The smallest absolute Gasteiger partial charge is 0.228 e. The molecule has 2 amide bonds. The first-order valence-electron chi connectivity index (χ1n) is 8.31. The maximum atomic E-state index is 12.7. The highest BCUT2D eigenvalue weighted by atomic mass is 35.5. The monoisotopic (exact) mass is 388 g/mol. The third-order valence-electron chi connectivity index (χ3n) is 4.33. The molecule has 0 fully saturated rings. The number of hydrogen-bond acceptors (Lipinski definition) is 2. The van der Waals surface area contributed by atoms with Gasteiger partial charge in [-0.25, -0.2) is 0 Å². The third kappa shape index (κ3) is 4.65. The van der Waals surface area contributed by atoms with Crippen molar-refractivity contribution < 1.29 is 9.59 Å². The molecule has 2 N–H and O–H groups in total. The van der Waals surface area contributed by atoms with E-state index in [1.54, 1.807) is 48.5 Å². The SMILES string of the molecule is O=C(Nc1ccc(Cl)cc1)C1CC=CCC1C(=O)Nc1ccc(Cl)cc1. The summed E-state index contributed by atoms with van der Waals surface area (Å²) < 4.78 is 0. The van der Waals surface area contributed by atoms with E-state index in [-0.39, 0.29) is 11.8 Å². The summed E-state index contributed by atoms with van der Waals surface area (Å²) in [6.07, 6.45) is 4.94. The molecule has 0 aromatic heterocycles. The highest BCUT2D eigenvalue weighted by molar-refractivity contribution is 6.31. The number of carbonyl (C=O) groups is 2. The first kappa shape index (κ1) is 18.5. The second-order valence-corrected chi connectivity index (χ2v) is 7.02. The summed E-state index contributed by atoms with van der Waals surface area (Å²) in [7, 11) is 0. The topological polar surface area (TPSA) is 58.2 Å². The number of halogens is 2. The van der Waals surface area contributed by atoms with Crippen molar-refractivity contribution in [3.63, 3.8) is 0 Å². The maximum absolute atomic E-state index is 12.7. The van der Waals surface area contributed by atoms with E-state index in [4.69, 9.17) is 23.2 Å². The summed E-state index contributed by atoms with van der Waals surface area (Å²) >= 11 is 11.7. The third-order valence-corrected chi connectivity index (χ3v) is 4.83. The summed E-state index contributed by atoms with van der Waals surface area (Å²) in [4.78, 5) is 25.4. The number of anilines is 2. The molecule has 2 aromatic rings. The molecule has 0 heterocycles. The van der Waals surface area contributed by atoms with Crippen LogP contribution < -0.4 is 10.6 Å². The quantitative estimate of drug-likeness (QED) is 0.711. The van der Waals surface area contributed by atoms with E-state index < -0.39 is 11.8 Å². The number of rotatable bonds is 4. The van der Waals surface area contributed by atoms with E-state index in [0.717, 1.165) is 0 Å². The molecule has 0 saturated heterocycles. The predicted molar refractivity (Wildman–Crippen MR) is 106 cm³/mol. The molecular formula is C20H18Cl2N2O2. The second kappa shape index (κ2) is 8.39. The number of benzene rings is 2. The van der Waals surface area contributed by atoms with Crippen LogP contribution in [0, 0.1) is 11.8 Å². The molecule has 3 rings (SSSR count). The summed E-state index contributed by atoms with van der Waals surface area (Å²) in [6.45, 7) is 0. The number of carbonyl (C=O) groups excluding carboxylic acids is 2. The molecule has 2 unspecified atom stereocenters. The zero-order valence-corrected chi connectivity index (χ0v) is 15.4. The van der Waals surface area contributed by atoms with Crippen LogP contribution in [-0.4, -0.2) is 11.8 Å². The highest BCUT2D eigenvalue weighted by Crippen LogP contribution is 2.29. The van der Waals surface area contributed by atoms with Crippen LogP contribution in [0.1, 0.15) is 12.8 Å². The van der Waals surface area contributed by atoms with Crippen molar-refractivity contribution >= 4 is 46.4 Å². The Morgan fingerprint density at radius 3 is 1.38 bits per heavy atom. The lowest BCUT2D eigenvalue weighted by Crippen LogP contribution is -2.37. The molecule has 0 aliphatic heterocycles. The Balaban J connectivity index is 1.69. The summed E-state index contributed by atoms with van der Waals surface area (Å²) in [5.41, 5.74) is 1.32. The summed E-state index contributed by atoms with van der Waals surface area (Å²) in [5, 5.41) is 6.93. The second-order valence-electron chi connectivity index (χ2n) is 6.15. The Morgan fingerprint density at radius 1 is 0.692 bits per heavy atom. The zero-order valence-electron chi connectivity index (χ0n) is 13.9. The van der Waals surface area contributed by atoms with Gasteiger partial charge in [0.25, 0.3) is 0 Å². The van der Waals surface area contributed by atoms with Crippen molar-refractivity contribution in [1.29, 1.82) is 0 Å². The van der Waals surface area contributed by atoms with Gasteiger partial charge in [-0.3, -0.25) is 9.59 Å². The van der Waals surface area contributed by atoms with Gasteiger partial charge in [-0.1, -0.05) is 35.4 Å². The van der Waals surface area contributed by atoms with Crippen LogP contribution in [0.4, 0.5) is 11.4 Å². The van der Waals surface area contributed by atoms with Crippen LogP contribution in [-0.2, 0) is 9.59 Å². The van der Waals surface area contributed by atoms with Gasteiger partial charge in [-0.2, -0.15) is 0 Å². The lowest BCUT2D eigenvalue weighted by atomic mass is 9.81. The van der Waals surface area contributed by atoms with E-state index in [0.29, 0.717) is 34.3 Å². The van der Waals surface area contributed by atoms with Gasteiger partial charge in [-0.15, -0.1) is 0 Å². The molecule has 6 heteroatoms. The van der Waals surface area contributed by atoms with Crippen molar-refractivity contribution in [2.24, 2.45) is 11.8 Å². The standard InChI is InChI=1S/C20H18Cl2N2O2/c21-13-5-9-15(10-6-13)23-19(25)17-3-1-2-4-18(17)20(26)24-16-11-7-14(22)8-12-16/h1-2,5-12,17-18H,3-4H2,(H,23,25)(H,24,26). The van der Waals surface area contributed by atoms with Crippen molar-refractivity contribution in [3.8, 4) is 0 Å². The first-order valence-corrected chi connectivity index (χ1v) is 9.06. The molecule has 134 valence electrons. The molecule has 0 radical (unpaired) electrons. The fourth-order valence-electron chi connectivity index (χ4n) is 2.93.